The molecule has 1 aliphatic carbocycles. The maximum absolute atomic E-state index is 13.6. The Morgan fingerprint density at radius 2 is 1.92 bits per heavy atom. The molecule has 1 aliphatic heterocycles. The molecule has 4 aromatic rings. The number of aliphatic hydroxyl groups is 1. The van der Waals surface area contributed by atoms with Crippen molar-refractivity contribution in [3.05, 3.63) is 81.8 Å². The first kappa shape index (κ1) is 24.8. The zero-order valence-electron chi connectivity index (χ0n) is 21.2. The molecule has 198 valence electrons. The number of carbonyl (C=O) groups is 1. The molecule has 3 aromatic heterocycles. The van der Waals surface area contributed by atoms with Crippen molar-refractivity contribution in [2.45, 2.75) is 63.1 Å². The summed E-state index contributed by atoms with van der Waals surface area (Å²) in [6, 6.07) is 11.6. The van der Waals surface area contributed by atoms with Gasteiger partial charge >= 0.3 is 0 Å². The van der Waals surface area contributed by atoms with E-state index in [4.69, 9.17) is 0 Å². The third-order valence-electron chi connectivity index (χ3n) is 8.08. The fourth-order valence-corrected chi connectivity index (χ4v) is 5.94. The SMILES string of the molecule is O=C(N[C@H]1CCCC[C@@H]1O)c1cc(CN2CCC(c3nc4ccc(F)cc4[nH]3)CC2)c2ccccn2c1=O. The Balaban J connectivity index is 1.20. The number of aromatic nitrogens is 3. The summed E-state index contributed by atoms with van der Waals surface area (Å²) in [5.41, 5.74) is 2.94. The number of imidazole rings is 1. The molecule has 1 saturated heterocycles. The van der Waals surface area contributed by atoms with E-state index in [9.17, 15) is 19.1 Å². The van der Waals surface area contributed by atoms with Crippen LogP contribution in [0.15, 0.2) is 53.5 Å². The third kappa shape index (κ3) is 4.83. The largest absolute Gasteiger partial charge is 0.391 e. The Morgan fingerprint density at radius 3 is 2.74 bits per heavy atom. The topological polar surface area (TPSA) is 103 Å². The van der Waals surface area contributed by atoms with Crippen LogP contribution in [0.4, 0.5) is 4.39 Å². The number of fused-ring (bicyclic) bond motifs is 2. The molecule has 0 radical (unpaired) electrons. The van der Waals surface area contributed by atoms with Crippen LogP contribution in [0.25, 0.3) is 16.6 Å². The number of hydrogen-bond donors (Lipinski definition) is 3. The number of amides is 1. The minimum Gasteiger partial charge on any atom is -0.391 e. The number of likely N-dealkylation sites (tertiary alicyclic amines) is 1. The summed E-state index contributed by atoms with van der Waals surface area (Å²) in [7, 11) is 0. The normalized spacial score (nSPS) is 21.2. The molecular weight excluding hydrogens is 485 g/mol. The molecule has 6 rings (SSSR count). The van der Waals surface area contributed by atoms with E-state index in [1.807, 2.05) is 12.1 Å². The molecule has 1 saturated carbocycles. The lowest BCUT2D eigenvalue weighted by atomic mass is 9.92. The Hall–Kier alpha value is -3.56. The molecule has 3 N–H and O–H groups in total. The van der Waals surface area contributed by atoms with E-state index in [0.717, 1.165) is 66.7 Å². The number of halogens is 1. The first-order chi connectivity index (χ1) is 18.5. The molecule has 2 aliphatic rings. The average Bonchev–Trinajstić information content (AvgIpc) is 3.35. The molecule has 0 unspecified atom stereocenters. The van der Waals surface area contributed by atoms with Gasteiger partial charge in [-0.1, -0.05) is 18.9 Å². The Kier molecular flexibility index (Phi) is 6.71. The monoisotopic (exact) mass is 517 g/mol. The minimum atomic E-state index is -0.581. The van der Waals surface area contributed by atoms with Gasteiger partial charge in [-0.2, -0.15) is 0 Å². The molecule has 0 spiro atoms. The number of pyridine rings is 2. The standard InChI is InChI=1S/C29H32FN5O3/c30-20-8-9-22-24(16-20)32-27(31-22)18-10-13-34(14-11-18)17-19-15-21(29(38)35-12-4-3-6-25(19)35)28(37)33-23-5-1-2-7-26(23)36/h3-4,6,8-9,12,15-16,18,23,26,36H,1-2,5,7,10-11,13-14,17H2,(H,31,32)(H,33,37)/t23-,26-/m0/s1. The van der Waals surface area contributed by atoms with Crippen LogP contribution in [-0.4, -0.2) is 55.5 Å². The van der Waals surface area contributed by atoms with Gasteiger partial charge in [-0.15, -0.1) is 0 Å². The zero-order chi connectivity index (χ0) is 26.2. The van der Waals surface area contributed by atoms with E-state index in [2.05, 4.69) is 20.2 Å². The second-order valence-corrected chi connectivity index (χ2v) is 10.6. The van der Waals surface area contributed by atoms with Crippen molar-refractivity contribution in [3.8, 4) is 0 Å². The van der Waals surface area contributed by atoms with Gasteiger partial charge in [0.1, 0.15) is 17.2 Å². The van der Waals surface area contributed by atoms with E-state index in [0.29, 0.717) is 19.4 Å². The second kappa shape index (κ2) is 10.3. The third-order valence-corrected chi connectivity index (χ3v) is 8.08. The van der Waals surface area contributed by atoms with E-state index in [1.54, 1.807) is 28.8 Å². The number of aromatic amines is 1. The van der Waals surface area contributed by atoms with Crippen molar-refractivity contribution < 1.29 is 14.3 Å². The zero-order valence-corrected chi connectivity index (χ0v) is 21.2. The van der Waals surface area contributed by atoms with E-state index >= 15 is 0 Å². The lowest BCUT2D eigenvalue weighted by Crippen LogP contribution is -2.46. The number of aliphatic hydroxyl groups excluding tert-OH is 1. The van der Waals surface area contributed by atoms with Crippen molar-refractivity contribution in [3.63, 3.8) is 0 Å². The van der Waals surface area contributed by atoms with Gasteiger partial charge in [0.25, 0.3) is 11.5 Å². The Morgan fingerprint density at radius 1 is 1.11 bits per heavy atom. The number of nitrogens with zero attached hydrogens (tertiary/aromatic N) is 3. The van der Waals surface area contributed by atoms with Crippen molar-refractivity contribution in [1.29, 1.82) is 0 Å². The number of piperidine rings is 1. The van der Waals surface area contributed by atoms with Crippen LogP contribution in [0.3, 0.4) is 0 Å². The van der Waals surface area contributed by atoms with Crippen LogP contribution in [0, 0.1) is 5.82 Å². The van der Waals surface area contributed by atoms with Crippen molar-refractivity contribution in [2.24, 2.45) is 0 Å². The highest BCUT2D eigenvalue weighted by Gasteiger charge is 2.27. The number of nitrogens with one attached hydrogen (secondary N) is 2. The fraction of sp³-hybridized carbons (Fsp3) is 0.414. The van der Waals surface area contributed by atoms with E-state index in [1.165, 1.54) is 12.1 Å². The molecule has 8 nitrogen and oxygen atoms in total. The predicted octanol–water partition coefficient (Wildman–Crippen LogP) is 3.73. The van der Waals surface area contributed by atoms with E-state index in [-0.39, 0.29) is 28.9 Å². The number of H-pyrrole nitrogens is 1. The molecule has 2 atom stereocenters. The summed E-state index contributed by atoms with van der Waals surface area (Å²) in [6.45, 7) is 2.28. The van der Waals surface area contributed by atoms with Gasteiger partial charge in [0.15, 0.2) is 0 Å². The van der Waals surface area contributed by atoms with Gasteiger partial charge in [0, 0.05) is 18.7 Å². The highest BCUT2D eigenvalue weighted by molar-refractivity contribution is 5.94. The summed E-state index contributed by atoms with van der Waals surface area (Å²) >= 11 is 0. The molecule has 9 heteroatoms. The predicted molar refractivity (Wildman–Crippen MR) is 143 cm³/mol. The van der Waals surface area contributed by atoms with Gasteiger partial charge < -0.3 is 15.4 Å². The number of hydrogen-bond acceptors (Lipinski definition) is 5. The molecule has 0 bridgehead atoms. The van der Waals surface area contributed by atoms with Crippen LogP contribution < -0.4 is 10.9 Å². The summed E-state index contributed by atoms with van der Waals surface area (Å²) in [5, 5.41) is 13.2. The Bertz CT molecular complexity index is 1540. The minimum absolute atomic E-state index is 0.103. The van der Waals surface area contributed by atoms with Gasteiger partial charge in [0.05, 0.1) is 28.7 Å². The van der Waals surface area contributed by atoms with Crippen LogP contribution in [0.1, 0.15) is 66.2 Å². The maximum atomic E-state index is 13.6. The molecule has 2 fully saturated rings. The Labute approximate surface area is 219 Å². The smallest absolute Gasteiger partial charge is 0.267 e. The van der Waals surface area contributed by atoms with Crippen LogP contribution in [0.2, 0.25) is 0 Å². The summed E-state index contributed by atoms with van der Waals surface area (Å²) in [5.74, 6) is 0.450. The number of rotatable bonds is 5. The van der Waals surface area contributed by atoms with Crippen molar-refractivity contribution in [1.82, 2.24) is 24.6 Å². The molecule has 38 heavy (non-hydrogen) atoms. The average molecular weight is 518 g/mol. The van der Waals surface area contributed by atoms with Gasteiger partial charge in [-0.25, -0.2) is 9.37 Å². The lowest BCUT2D eigenvalue weighted by Gasteiger charge is -2.31. The van der Waals surface area contributed by atoms with Crippen molar-refractivity contribution >= 4 is 22.5 Å². The second-order valence-electron chi connectivity index (χ2n) is 10.6. The lowest BCUT2D eigenvalue weighted by molar-refractivity contribution is 0.0716. The number of carbonyl (C=O) groups excluding carboxylic acids is 1. The highest BCUT2D eigenvalue weighted by atomic mass is 19.1. The first-order valence-corrected chi connectivity index (χ1v) is 13.5. The van der Waals surface area contributed by atoms with Crippen LogP contribution in [-0.2, 0) is 6.54 Å². The first-order valence-electron chi connectivity index (χ1n) is 13.5. The quantitative estimate of drug-likeness (QED) is 0.374. The van der Waals surface area contributed by atoms with E-state index < -0.39 is 12.0 Å². The van der Waals surface area contributed by atoms with Crippen LogP contribution >= 0.6 is 0 Å². The summed E-state index contributed by atoms with van der Waals surface area (Å²) in [4.78, 5) is 36.7. The molecule has 4 heterocycles. The maximum Gasteiger partial charge on any atom is 0.267 e. The molecular formula is C29H32FN5O3. The highest BCUT2D eigenvalue weighted by Crippen LogP contribution is 2.29. The van der Waals surface area contributed by atoms with Gasteiger partial charge in [-0.05, 0) is 80.7 Å². The van der Waals surface area contributed by atoms with Crippen LogP contribution in [0.5, 0.6) is 0 Å². The van der Waals surface area contributed by atoms with Gasteiger partial charge in [0.2, 0.25) is 0 Å². The summed E-state index contributed by atoms with van der Waals surface area (Å²) in [6.07, 6.45) is 6.19. The number of benzene rings is 1. The molecule has 1 amide bonds. The fourth-order valence-electron chi connectivity index (χ4n) is 5.94. The van der Waals surface area contributed by atoms with Gasteiger partial charge in [-0.3, -0.25) is 18.9 Å². The molecule has 1 aromatic carbocycles. The van der Waals surface area contributed by atoms with Crippen molar-refractivity contribution in [2.75, 3.05) is 13.1 Å². The summed E-state index contributed by atoms with van der Waals surface area (Å²) < 4.78 is 15.1.